The molecule has 1 atom stereocenters. The summed E-state index contributed by atoms with van der Waals surface area (Å²) >= 11 is 0. The second-order valence-electron chi connectivity index (χ2n) is 16.1. The van der Waals surface area contributed by atoms with Crippen molar-refractivity contribution in [2.24, 2.45) is 5.92 Å². The first-order valence-electron chi connectivity index (χ1n) is 19.4. The van der Waals surface area contributed by atoms with Crippen molar-refractivity contribution in [3.05, 3.63) is 221 Å². The van der Waals surface area contributed by atoms with Crippen LogP contribution >= 0.6 is 0 Å². The van der Waals surface area contributed by atoms with Gasteiger partial charge in [0.15, 0.2) is 0 Å². The Bertz CT molecular complexity index is 2680. The lowest BCUT2D eigenvalue weighted by molar-refractivity contribution is 0.634. The number of allylic oxidation sites excluding steroid dienone is 4. The number of benzene rings is 7. The maximum absolute atomic E-state index is 2.61. The Kier molecular flexibility index (Phi) is 6.62. The standard InChI is InChI=1S/C53H41N/c1-34-32-38(33-48-50(34)41-20-9-11-22-43(41)52(48,2)3)54(37-30-28-36(29-31-37)35-16-5-4-6-17-35)49-27-15-26-47-51(49)42-21-10-14-25-46(42)53(47)44-23-12-7-18-39(44)40-19-8-13-24-45(40)53/h4-31,33-34H,32H2,1-3H3. The number of fused-ring (bicyclic) bond motifs is 12. The Hall–Kier alpha value is -6.18. The number of anilines is 2. The fourth-order valence-corrected chi connectivity index (χ4v) is 10.7. The highest BCUT2D eigenvalue weighted by atomic mass is 15.2. The molecule has 54 heavy (non-hydrogen) atoms. The van der Waals surface area contributed by atoms with Crippen molar-refractivity contribution in [3.63, 3.8) is 0 Å². The van der Waals surface area contributed by atoms with Crippen LogP contribution in [0.4, 0.5) is 11.4 Å². The normalized spacial score (nSPS) is 17.6. The third-order valence-corrected chi connectivity index (χ3v) is 12.9. The van der Waals surface area contributed by atoms with Crippen LogP contribution in [0.2, 0.25) is 0 Å². The summed E-state index contributed by atoms with van der Waals surface area (Å²) in [5.74, 6) is 0.373. The Morgan fingerprint density at radius 3 is 1.67 bits per heavy atom. The van der Waals surface area contributed by atoms with Gasteiger partial charge < -0.3 is 4.90 Å². The van der Waals surface area contributed by atoms with Gasteiger partial charge >= 0.3 is 0 Å². The van der Waals surface area contributed by atoms with Gasteiger partial charge in [0.1, 0.15) is 0 Å². The summed E-state index contributed by atoms with van der Waals surface area (Å²) in [7, 11) is 0. The van der Waals surface area contributed by atoms with Crippen molar-refractivity contribution in [1.82, 2.24) is 0 Å². The number of nitrogens with zero attached hydrogens (tertiary/aromatic N) is 1. The maximum atomic E-state index is 2.61. The molecule has 7 aromatic carbocycles. The van der Waals surface area contributed by atoms with Gasteiger partial charge in [-0.25, -0.2) is 0 Å². The van der Waals surface area contributed by atoms with Crippen LogP contribution in [-0.2, 0) is 10.8 Å². The molecular formula is C53H41N. The first-order chi connectivity index (χ1) is 26.5. The van der Waals surface area contributed by atoms with Gasteiger partial charge in [0, 0.05) is 22.4 Å². The summed E-state index contributed by atoms with van der Waals surface area (Å²) < 4.78 is 0. The summed E-state index contributed by atoms with van der Waals surface area (Å²) in [6.07, 6.45) is 3.50. The van der Waals surface area contributed by atoms with Crippen LogP contribution in [0.1, 0.15) is 60.6 Å². The summed E-state index contributed by atoms with van der Waals surface area (Å²) in [6, 6.07) is 63.6. The molecule has 0 saturated carbocycles. The minimum Gasteiger partial charge on any atom is -0.314 e. The predicted octanol–water partition coefficient (Wildman–Crippen LogP) is 13.5. The lowest BCUT2D eigenvalue weighted by atomic mass is 9.70. The average Bonchev–Trinajstić information content (AvgIpc) is 3.78. The molecule has 7 aromatic rings. The summed E-state index contributed by atoms with van der Waals surface area (Å²) in [5.41, 5.74) is 22.4. The van der Waals surface area contributed by atoms with Gasteiger partial charge in [-0.1, -0.05) is 172 Å². The van der Waals surface area contributed by atoms with E-state index in [1.165, 1.54) is 95.0 Å². The van der Waals surface area contributed by atoms with E-state index in [0.29, 0.717) is 5.92 Å². The van der Waals surface area contributed by atoms with Gasteiger partial charge in [0.05, 0.1) is 11.1 Å². The van der Waals surface area contributed by atoms with Gasteiger partial charge in [-0.3, -0.25) is 0 Å². The Morgan fingerprint density at radius 2 is 1.00 bits per heavy atom. The van der Waals surface area contributed by atoms with Gasteiger partial charge in [-0.05, 0) is 109 Å². The minimum atomic E-state index is -0.392. The van der Waals surface area contributed by atoms with E-state index in [2.05, 4.69) is 202 Å². The van der Waals surface area contributed by atoms with E-state index in [1.54, 1.807) is 0 Å². The number of hydrogen-bond donors (Lipinski definition) is 0. The Balaban J connectivity index is 1.18. The maximum Gasteiger partial charge on any atom is 0.0726 e. The molecule has 1 unspecified atom stereocenters. The number of rotatable bonds is 4. The molecule has 0 heterocycles. The van der Waals surface area contributed by atoms with E-state index < -0.39 is 5.41 Å². The Labute approximate surface area is 318 Å². The van der Waals surface area contributed by atoms with E-state index in [1.807, 2.05) is 0 Å². The predicted molar refractivity (Wildman–Crippen MR) is 225 cm³/mol. The van der Waals surface area contributed by atoms with E-state index in [-0.39, 0.29) is 5.41 Å². The molecule has 0 fully saturated rings. The molecule has 0 bridgehead atoms. The van der Waals surface area contributed by atoms with Crippen LogP contribution < -0.4 is 4.90 Å². The van der Waals surface area contributed by atoms with E-state index in [9.17, 15) is 0 Å². The highest BCUT2D eigenvalue weighted by Crippen LogP contribution is 2.65. The van der Waals surface area contributed by atoms with Crippen LogP contribution in [-0.4, -0.2) is 0 Å². The first-order valence-corrected chi connectivity index (χ1v) is 19.4. The van der Waals surface area contributed by atoms with Gasteiger partial charge in [0.25, 0.3) is 0 Å². The molecule has 4 aliphatic rings. The van der Waals surface area contributed by atoms with E-state index >= 15 is 0 Å². The third kappa shape index (κ3) is 4.10. The zero-order chi connectivity index (χ0) is 36.2. The topological polar surface area (TPSA) is 3.24 Å². The zero-order valence-electron chi connectivity index (χ0n) is 31.0. The molecule has 4 aliphatic carbocycles. The molecule has 1 nitrogen and oxygen atoms in total. The fourth-order valence-electron chi connectivity index (χ4n) is 10.7. The quantitative estimate of drug-likeness (QED) is 0.178. The van der Waals surface area contributed by atoms with Crippen molar-refractivity contribution < 1.29 is 0 Å². The van der Waals surface area contributed by atoms with Crippen LogP contribution in [0.5, 0.6) is 0 Å². The molecule has 1 spiro atoms. The lowest BCUT2D eigenvalue weighted by Crippen LogP contribution is -2.26. The lowest BCUT2D eigenvalue weighted by Gasteiger charge is -2.36. The van der Waals surface area contributed by atoms with Gasteiger partial charge in [0.2, 0.25) is 0 Å². The summed E-state index contributed by atoms with van der Waals surface area (Å²) in [5, 5.41) is 0. The molecule has 1 heteroatoms. The molecule has 0 aliphatic heterocycles. The highest BCUT2D eigenvalue weighted by molar-refractivity contribution is 6.00. The largest absolute Gasteiger partial charge is 0.314 e. The molecule has 11 rings (SSSR count). The first kappa shape index (κ1) is 31.4. The molecule has 0 amide bonds. The van der Waals surface area contributed by atoms with Crippen LogP contribution in [0.25, 0.3) is 39.0 Å². The van der Waals surface area contributed by atoms with Gasteiger partial charge in [-0.2, -0.15) is 0 Å². The molecule has 0 radical (unpaired) electrons. The molecule has 0 N–H and O–H groups in total. The second kappa shape index (κ2) is 11.4. The minimum absolute atomic E-state index is 0.0821. The van der Waals surface area contributed by atoms with Crippen molar-refractivity contribution in [2.45, 2.75) is 38.0 Å². The van der Waals surface area contributed by atoms with Crippen LogP contribution in [0.3, 0.4) is 0 Å². The van der Waals surface area contributed by atoms with E-state index in [4.69, 9.17) is 0 Å². The third-order valence-electron chi connectivity index (χ3n) is 12.9. The smallest absolute Gasteiger partial charge is 0.0726 e. The second-order valence-corrected chi connectivity index (χ2v) is 16.1. The van der Waals surface area contributed by atoms with Crippen molar-refractivity contribution in [3.8, 4) is 33.4 Å². The van der Waals surface area contributed by atoms with Crippen LogP contribution in [0, 0.1) is 5.92 Å². The zero-order valence-corrected chi connectivity index (χ0v) is 31.0. The fraction of sp³-hybridized carbons (Fsp3) is 0.132. The van der Waals surface area contributed by atoms with Crippen molar-refractivity contribution in [1.29, 1.82) is 0 Å². The monoisotopic (exact) mass is 691 g/mol. The van der Waals surface area contributed by atoms with Crippen molar-refractivity contribution in [2.75, 3.05) is 4.90 Å². The van der Waals surface area contributed by atoms with Gasteiger partial charge in [-0.15, -0.1) is 0 Å². The molecular weight excluding hydrogens is 651 g/mol. The molecule has 0 saturated heterocycles. The molecule has 258 valence electrons. The Morgan fingerprint density at radius 1 is 0.481 bits per heavy atom. The summed E-state index contributed by atoms with van der Waals surface area (Å²) in [6.45, 7) is 7.26. The molecule has 0 aromatic heterocycles. The van der Waals surface area contributed by atoms with Crippen LogP contribution in [0.15, 0.2) is 187 Å². The van der Waals surface area contributed by atoms with E-state index in [0.717, 1.165) is 6.42 Å². The SMILES string of the molecule is CC1CC(N(c2ccc(-c3ccccc3)cc2)c2cccc3c2-c2ccccc2C32c3ccccc3-c3ccccc32)=CC2=C1c1ccccc1C2(C)C. The summed E-state index contributed by atoms with van der Waals surface area (Å²) in [4.78, 5) is 2.61. The number of hydrogen-bond acceptors (Lipinski definition) is 1. The average molecular weight is 692 g/mol. The highest BCUT2D eigenvalue weighted by Gasteiger charge is 2.52. The van der Waals surface area contributed by atoms with Crippen molar-refractivity contribution >= 4 is 16.9 Å².